The molecule has 0 fully saturated rings. The van der Waals surface area contributed by atoms with Crippen LogP contribution in [-0.2, 0) is 4.79 Å². The Bertz CT molecular complexity index is 688. The molecule has 0 aliphatic rings. The minimum absolute atomic E-state index is 0.0456. The van der Waals surface area contributed by atoms with Gasteiger partial charge in [0.25, 0.3) is 0 Å². The summed E-state index contributed by atoms with van der Waals surface area (Å²) in [6.45, 7) is 1.63. The Morgan fingerprint density at radius 3 is 3.00 bits per heavy atom. The molecule has 0 spiro atoms. The predicted octanol–water partition coefficient (Wildman–Crippen LogP) is 1.68. The van der Waals surface area contributed by atoms with Gasteiger partial charge in [0.05, 0.1) is 5.69 Å². The van der Waals surface area contributed by atoms with Gasteiger partial charge in [-0.3, -0.25) is 4.79 Å². The van der Waals surface area contributed by atoms with Crippen LogP contribution in [0.15, 0.2) is 30.6 Å². The van der Waals surface area contributed by atoms with Crippen molar-refractivity contribution >= 4 is 17.3 Å². The number of nitrogens with zero attached hydrogens (tertiary/aromatic N) is 3. The molecule has 6 nitrogen and oxygen atoms in total. The van der Waals surface area contributed by atoms with Crippen molar-refractivity contribution in [3.05, 3.63) is 42.2 Å². The van der Waals surface area contributed by atoms with E-state index in [4.69, 9.17) is 11.0 Å². The van der Waals surface area contributed by atoms with Crippen molar-refractivity contribution in [1.29, 1.82) is 5.26 Å². The molecule has 1 aromatic heterocycles. The highest BCUT2D eigenvalue weighted by molar-refractivity contribution is 5.93. The maximum atomic E-state index is 13.0. The second kappa shape index (κ2) is 5.40. The van der Waals surface area contributed by atoms with Crippen LogP contribution in [0, 0.1) is 17.1 Å². The molecule has 102 valence electrons. The van der Waals surface area contributed by atoms with Crippen molar-refractivity contribution in [1.82, 2.24) is 9.55 Å². The molecule has 1 unspecified atom stereocenters. The molecule has 1 heterocycles. The molecule has 20 heavy (non-hydrogen) atoms. The fourth-order valence-corrected chi connectivity index (χ4v) is 1.71. The molecule has 1 atom stereocenters. The van der Waals surface area contributed by atoms with Crippen LogP contribution < -0.4 is 11.1 Å². The molecule has 0 saturated carbocycles. The van der Waals surface area contributed by atoms with Crippen LogP contribution in [0.3, 0.4) is 0 Å². The highest BCUT2D eigenvalue weighted by atomic mass is 19.1. The van der Waals surface area contributed by atoms with E-state index in [9.17, 15) is 9.18 Å². The van der Waals surface area contributed by atoms with Crippen molar-refractivity contribution in [3.63, 3.8) is 0 Å². The van der Waals surface area contributed by atoms with E-state index in [1.807, 2.05) is 6.07 Å². The number of halogens is 1. The molecule has 0 radical (unpaired) electrons. The van der Waals surface area contributed by atoms with E-state index in [2.05, 4.69) is 10.3 Å². The average Bonchev–Trinajstić information content (AvgIpc) is 2.90. The SMILES string of the molecule is CC(C(=O)Nc1ccc(F)c(N)c1)n1ccnc1C#N. The number of hydrogen-bond acceptors (Lipinski definition) is 4. The van der Waals surface area contributed by atoms with Gasteiger partial charge in [0, 0.05) is 18.1 Å². The standard InChI is InChI=1S/C13H12FN5O/c1-8(19-5-4-17-12(19)7-15)13(20)18-9-2-3-10(14)11(16)6-9/h2-6,8H,16H2,1H3,(H,18,20). The number of nitrogen functional groups attached to an aromatic ring is 1. The summed E-state index contributed by atoms with van der Waals surface area (Å²) < 4.78 is 14.5. The fraction of sp³-hybridized carbons (Fsp3) is 0.154. The first-order chi connectivity index (χ1) is 9.52. The number of nitrogens with two attached hydrogens (primary N) is 1. The van der Waals surface area contributed by atoms with E-state index in [0.717, 1.165) is 0 Å². The summed E-state index contributed by atoms with van der Waals surface area (Å²) >= 11 is 0. The van der Waals surface area contributed by atoms with Crippen LogP contribution in [0.25, 0.3) is 0 Å². The summed E-state index contributed by atoms with van der Waals surface area (Å²) in [6, 6.07) is 5.19. The van der Waals surface area contributed by atoms with E-state index < -0.39 is 11.9 Å². The predicted molar refractivity (Wildman–Crippen MR) is 71.1 cm³/mol. The lowest BCUT2D eigenvalue weighted by Crippen LogP contribution is -2.24. The minimum atomic E-state index is -0.626. The summed E-state index contributed by atoms with van der Waals surface area (Å²) in [4.78, 5) is 15.9. The molecule has 2 aromatic rings. The third kappa shape index (κ3) is 2.59. The van der Waals surface area contributed by atoms with Crippen molar-refractivity contribution in [2.45, 2.75) is 13.0 Å². The largest absolute Gasteiger partial charge is 0.396 e. The third-order valence-electron chi connectivity index (χ3n) is 2.83. The summed E-state index contributed by atoms with van der Waals surface area (Å²) in [7, 11) is 0. The topological polar surface area (TPSA) is 96.7 Å². The Labute approximate surface area is 114 Å². The molecule has 0 saturated heterocycles. The van der Waals surface area contributed by atoms with Gasteiger partial charge in [-0.25, -0.2) is 9.37 Å². The molecule has 3 N–H and O–H groups in total. The molecular weight excluding hydrogens is 261 g/mol. The number of nitrogens with one attached hydrogen (secondary N) is 1. The number of imidazole rings is 1. The van der Waals surface area contributed by atoms with Gasteiger partial charge >= 0.3 is 0 Å². The van der Waals surface area contributed by atoms with E-state index in [0.29, 0.717) is 5.69 Å². The van der Waals surface area contributed by atoms with Crippen molar-refractivity contribution in [2.24, 2.45) is 0 Å². The molecule has 0 aliphatic carbocycles. The fourth-order valence-electron chi connectivity index (χ4n) is 1.71. The van der Waals surface area contributed by atoms with Crippen LogP contribution in [-0.4, -0.2) is 15.5 Å². The van der Waals surface area contributed by atoms with Gasteiger partial charge in [-0.1, -0.05) is 0 Å². The van der Waals surface area contributed by atoms with Gasteiger partial charge in [-0.05, 0) is 25.1 Å². The van der Waals surface area contributed by atoms with Crippen molar-refractivity contribution < 1.29 is 9.18 Å². The Morgan fingerprint density at radius 2 is 2.35 bits per heavy atom. The van der Waals surface area contributed by atoms with Gasteiger partial charge in [0.15, 0.2) is 0 Å². The van der Waals surface area contributed by atoms with Gasteiger partial charge < -0.3 is 15.6 Å². The number of hydrogen-bond donors (Lipinski definition) is 2. The van der Waals surface area contributed by atoms with Crippen molar-refractivity contribution in [3.8, 4) is 6.07 Å². The van der Waals surface area contributed by atoms with Gasteiger partial charge in [0.1, 0.15) is 17.9 Å². The average molecular weight is 273 g/mol. The van der Waals surface area contributed by atoms with Crippen LogP contribution in [0.5, 0.6) is 0 Å². The molecule has 1 amide bonds. The van der Waals surface area contributed by atoms with Gasteiger partial charge in [-0.15, -0.1) is 0 Å². The van der Waals surface area contributed by atoms with Crippen LogP contribution in [0.2, 0.25) is 0 Å². The van der Waals surface area contributed by atoms with Crippen molar-refractivity contribution in [2.75, 3.05) is 11.1 Å². The first-order valence-corrected chi connectivity index (χ1v) is 5.81. The highest BCUT2D eigenvalue weighted by Gasteiger charge is 2.18. The van der Waals surface area contributed by atoms with Gasteiger partial charge in [-0.2, -0.15) is 5.26 Å². The number of benzene rings is 1. The smallest absolute Gasteiger partial charge is 0.247 e. The molecule has 0 bridgehead atoms. The number of aromatic nitrogens is 2. The number of nitriles is 1. The van der Waals surface area contributed by atoms with Gasteiger partial charge in [0.2, 0.25) is 11.7 Å². The lowest BCUT2D eigenvalue weighted by Gasteiger charge is -2.14. The summed E-state index contributed by atoms with van der Waals surface area (Å²) in [5.74, 6) is -0.755. The molecule has 2 rings (SSSR count). The Hall–Kier alpha value is -2.88. The first-order valence-electron chi connectivity index (χ1n) is 5.81. The molecule has 1 aromatic carbocycles. The monoisotopic (exact) mass is 273 g/mol. The summed E-state index contributed by atoms with van der Waals surface area (Å²) in [5.41, 5.74) is 5.77. The zero-order valence-electron chi connectivity index (χ0n) is 10.7. The quantitative estimate of drug-likeness (QED) is 0.831. The zero-order valence-corrected chi connectivity index (χ0v) is 10.7. The molecule has 7 heteroatoms. The normalized spacial score (nSPS) is 11.7. The molecular formula is C13H12FN5O. The maximum Gasteiger partial charge on any atom is 0.247 e. The van der Waals surface area contributed by atoms with E-state index >= 15 is 0 Å². The maximum absolute atomic E-state index is 13.0. The Morgan fingerprint density at radius 1 is 1.60 bits per heavy atom. The lowest BCUT2D eigenvalue weighted by molar-refractivity contribution is -0.118. The van der Waals surface area contributed by atoms with E-state index in [-0.39, 0.29) is 17.4 Å². The Kier molecular flexibility index (Phi) is 3.66. The van der Waals surface area contributed by atoms with Crippen LogP contribution in [0.1, 0.15) is 18.8 Å². The number of carbonyl (C=O) groups excluding carboxylic acids is 1. The number of amides is 1. The minimum Gasteiger partial charge on any atom is -0.396 e. The van der Waals surface area contributed by atoms with Crippen LogP contribution in [0.4, 0.5) is 15.8 Å². The Balaban J connectivity index is 2.16. The summed E-state index contributed by atoms with van der Waals surface area (Å²) in [6.07, 6.45) is 2.99. The third-order valence-corrected chi connectivity index (χ3v) is 2.83. The number of anilines is 2. The number of carbonyl (C=O) groups is 1. The highest BCUT2D eigenvalue weighted by Crippen LogP contribution is 2.18. The van der Waals surface area contributed by atoms with E-state index in [1.54, 1.807) is 13.1 Å². The summed E-state index contributed by atoms with van der Waals surface area (Å²) in [5, 5.41) is 11.5. The van der Waals surface area contributed by atoms with Crippen LogP contribution >= 0.6 is 0 Å². The molecule has 0 aliphatic heterocycles. The number of rotatable bonds is 3. The zero-order chi connectivity index (χ0) is 14.7. The first kappa shape index (κ1) is 13.5. The van der Waals surface area contributed by atoms with E-state index in [1.165, 1.54) is 29.0 Å². The second-order valence-corrected chi connectivity index (χ2v) is 4.17. The lowest BCUT2D eigenvalue weighted by atomic mass is 10.2. The second-order valence-electron chi connectivity index (χ2n) is 4.17.